The van der Waals surface area contributed by atoms with Crippen molar-refractivity contribution in [1.82, 2.24) is 4.98 Å². The van der Waals surface area contributed by atoms with Gasteiger partial charge in [0.25, 0.3) is 5.91 Å². The van der Waals surface area contributed by atoms with E-state index in [9.17, 15) is 4.79 Å². The number of nitrogens with two attached hydrogens (primary N) is 1. The molecular formula is C13H14N2O2. The Balaban J connectivity index is 2.56. The summed E-state index contributed by atoms with van der Waals surface area (Å²) in [6.07, 6.45) is 0.905. The van der Waals surface area contributed by atoms with Crippen LogP contribution in [0.4, 0.5) is 0 Å². The number of carbonyl (C=O) groups is 1. The van der Waals surface area contributed by atoms with Crippen LogP contribution in [0, 0.1) is 0 Å². The zero-order valence-electron chi connectivity index (χ0n) is 9.64. The van der Waals surface area contributed by atoms with Gasteiger partial charge in [0.2, 0.25) is 0 Å². The first kappa shape index (κ1) is 11.4. The molecule has 0 aliphatic heterocycles. The number of ether oxygens (including phenoxy) is 1. The number of para-hydroxylation sites is 1. The van der Waals surface area contributed by atoms with Crippen molar-refractivity contribution in [3.8, 4) is 5.75 Å². The summed E-state index contributed by atoms with van der Waals surface area (Å²) in [5, 5.41) is 0.894. The number of hydrogen-bond donors (Lipinski definition) is 1. The monoisotopic (exact) mass is 230 g/mol. The molecule has 0 saturated heterocycles. The van der Waals surface area contributed by atoms with Crippen LogP contribution in [0.5, 0.6) is 5.75 Å². The fourth-order valence-corrected chi connectivity index (χ4v) is 1.60. The molecule has 0 bridgehead atoms. The van der Waals surface area contributed by atoms with Crippen LogP contribution in [-0.4, -0.2) is 17.5 Å². The number of fused-ring (bicyclic) bond motifs is 1. The predicted octanol–water partition coefficient (Wildman–Crippen LogP) is 2.12. The van der Waals surface area contributed by atoms with E-state index in [1.54, 1.807) is 6.07 Å². The fraction of sp³-hybridized carbons (Fsp3) is 0.231. The first-order valence-corrected chi connectivity index (χ1v) is 5.54. The standard InChI is InChI=1S/C13H14N2O2/c1-2-7-17-12-8-11(13(14)16)15-10-6-4-3-5-9(10)12/h3-6,8H,2,7H2,1H3,(H2,14,16). The van der Waals surface area contributed by atoms with Crippen molar-refractivity contribution in [2.24, 2.45) is 5.73 Å². The summed E-state index contributed by atoms with van der Waals surface area (Å²) < 4.78 is 5.61. The number of nitrogens with zero attached hydrogens (tertiary/aromatic N) is 1. The summed E-state index contributed by atoms with van der Waals surface area (Å²) in [6.45, 7) is 2.63. The average Bonchev–Trinajstić information content (AvgIpc) is 2.35. The van der Waals surface area contributed by atoms with Gasteiger partial charge in [-0.15, -0.1) is 0 Å². The van der Waals surface area contributed by atoms with Gasteiger partial charge in [-0.25, -0.2) is 4.98 Å². The highest BCUT2D eigenvalue weighted by Crippen LogP contribution is 2.25. The molecule has 1 amide bonds. The van der Waals surface area contributed by atoms with Gasteiger partial charge in [-0.1, -0.05) is 19.1 Å². The Morgan fingerprint density at radius 3 is 2.88 bits per heavy atom. The lowest BCUT2D eigenvalue weighted by Gasteiger charge is -2.09. The Kier molecular flexibility index (Phi) is 3.23. The van der Waals surface area contributed by atoms with Crippen LogP contribution in [-0.2, 0) is 0 Å². The van der Waals surface area contributed by atoms with E-state index in [1.165, 1.54) is 0 Å². The van der Waals surface area contributed by atoms with Crippen LogP contribution < -0.4 is 10.5 Å². The van der Waals surface area contributed by atoms with Crippen LogP contribution in [0.25, 0.3) is 10.9 Å². The number of amides is 1. The molecule has 0 atom stereocenters. The van der Waals surface area contributed by atoms with E-state index in [4.69, 9.17) is 10.5 Å². The minimum absolute atomic E-state index is 0.231. The minimum atomic E-state index is -0.544. The number of rotatable bonds is 4. The molecular weight excluding hydrogens is 216 g/mol. The maximum Gasteiger partial charge on any atom is 0.267 e. The molecule has 0 radical (unpaired) electrons. The molecule has 0 aliphatic carbocycles. The molecule has 1 aromatic heterocycles. The van der Waals surface area contributed by atoms with Gasteiger partial charge >= 0.3 is 0 Å². The van der Waals surface area contributed by atoms with Gasteiger partial charge in [0, 0.05) is 11.5 Å². The van der Waals surface area contributed by atoms with Gasteiger partial charge < -0.3 is 10.5 Å². The third kappa shape index (κ3) is 2.36. The van der Waals surface area contributed by atoms with Gasteiger partial charge in [-0.05, 0) is 18.6 Å². The second-order valence-electron chi connectivity index (χ2n) is 3.74. The number of benzene rings is 1. The highest BCUT2D eigenvalue weighted by Gasteiger charge is 2.09. The number of hydrogen-bond acceptors (Lipinski definition) is 3. The van der Waals surface area contributed by atoms with Crippen molar-refractivity contribution in [1.29, 1.82) is 0 Å². The zero-order chi connectivity index (χ0) is 12.3. The first-order valence-electron chi connectivity index (χ1n) is 5.54. The Morgan fingerprint density at radius 1 is 1.41 bits per heavy atom. The molecule has 0 spiro atoms. The summed E-state index contributed by atoms with van der Waals surface area (Å²) in [6, 6.07) is 9.12. The molecule has 4 heteroatoms. The van der Waals surface area contributed by atoms with Crippen molar-refractivity contribution in [3.63, 3.8) is 0 Å². The van der Waals surface area contributed by atoms with Crippen LogP contribution in [0.15, 0.2) is 30.3 Å². The first-order chi connectivity index (χ1) is 8.22. The summed E-state index contributed by atoms with van der Waals surface area (Å²) in [5.74, 6) is 0.114. The van der Waals surface area contributed by atoms with Crippen LogP contribution in [0.2, 0.25) is 0 Å². The lowest BCUT2D eigenvalue weighted by molar-refractivity contribution is 0.0995. The second kappa shape index (κ2) is 4.82. The number of pyridine rings is 1. The predicted molar refractivity (Wildman–Crippen MR) is 66.0 cm³/mol. The molecule has 0 fully saturated rings. The third-order valence-corrected chi connectivity index (χ3v) is 2.39. The smallest absolute Gasteiger partial charge is 0.267 e. The van der Waals surface area contributed by atoms with Gasteiger partial charge in [-0.2, -0.15) is 0 Å². The van der Waals surface area contributed by atoms with Crippen LogP contribution >= 0.6 is 0 Å². The van der Waals surface area contributed by atoms with Crippen molar-refractivity contribution >= 4 is 16.8 Å². The summed E-state index contributed by atoms with van der Waals surface area (Å²) >= 11 is 0. The van der Waals surface area contributed by atoms with Gasteiger partial charge in [-0.3, -0.25) is 4.79 Å². The average molecular weight is 230 g/mol. The van der Waals surface area contributed by atoms with E-state index >= 15 is 0 Å². The topological polar surface area (TPSA) is 65.2 Å². The van der Waals surface area contributed by atoms with Crippen molar-refractivity contribution in [3.05, 3.63) is 36.0 Å². The number of carbonyl (C=O) groups excluding carboxylic acids is 1. The Labute approximate surface area is 99.4 Å². The van der Waals surface area contributed by atoms with E-state index in [0.29, 0.717) is 12.4 Å². The molecule has 2 N–H and O–H groups in total. The molecule has 88 valence electrons. The summed E-state index contributed by atoms with van der Waals surface area (Å²) in [4.78, 5) is 15.4. The van der Waals surface area contributed by atoms with E-state index in [-0.39, 0.29) is 5.69 Å². The van der Waals surface area contributed by atoms with Gasteiger partial charge in [0.15, 0.2) is 0 Å². The maximum absolute atomic E-state index is 11.2. The molecule has 1 heterocycles. The molecule has 2 aromatic rings. The number of aromatic nitrogens is 1. The molecule has 0 unspecified atom stereocenters. The molecule has 17 heavy (non-hydrogen) atoms. The normalized spacial score (nSPS) is 10.4. The van der Waals surface area contributed by atoms with E-state index in [0.717, 1.165) is 17.3 Å². The summed E-state index contributed by atoms with van der Waals surface area (Å²) in [7, 11) is 0. The van der Waals surface area contributed by atoms with Gasteiger partial charge in [0.1, 0.15) is 11.4 Å². The van der Waals surface area contributed by atoms with Crippen molar-refractivity contribution in [2.75, 3.05) is 6.61 Å². The largest absolute Gasteiger partial charge is 0.493 e. The number of primary amides is 1. The lowest BCUT2D eigenvalue weighted by Crippen LogP contribution is -2.13. The molecule has 0 saturated carbocycles. The van der Waals surface area contributed by atoms with Crippen molar-refractivity contribution in [2.45, 2.75) is 13.3 Å². The van der Waals surface area contributed by atoms with Gasteiger partial charge in [0.05, 0.1) is 12.1 Å². The highest BCUT2D eigenvalue weighted by atomic mass is 16.5. The second-order valence-corrected chi connectivity index (χ2v) is 3.74. The van der Waals surface area contributed by atoms with E-state index in [2.05, 4.69) is 4.98 Å². The summed E-state index contributed by atoms with van der Waals surface area (Å²) in [5.41, 5.74) is 6.19. The van der Waals surface area contributed by atoms with Crippen LogP contribution in [0.3, 0.4) is 0 Å². The molecule has 4 nitrogen and oxygen atoms in total. The SMILES string of the molecule is CCCOc1cc(C(N)=O)nc2ccccc12. The maximum atomic E-state index is 11.2. The minimum Gasteiger partial charge on any atom is -0.493 e. The lowest BCUT2D eigenvalue weighted by atomic mass is 10.2. The Morgan fingerprint density at radius 2 is 2.18 bits per heavy atom. The molecule has 0 aliphatic rings. The molecule has 1 aromatic carbocycles. The Hall–Kier alpha value is -2.10. The van der Waals surface area contributed by atoms with Crippen molar-refractivity contribution < 1.29 is 9.53 Å². The highest BCUT2D eigenvalue weighted by molar-refractivity contribution is 5.96. The van der Waals surface area contributed by atoms with E-state index in [1.807, 2.05) is 31.2 Å². The van der Waals surface area contributed by atoms with E-state index < -0.39 is 5.91 Å². The van der Waals surface area contributed by atoms with Crippen LogP contribution in [0.1, 0.15) is 23.8 Å². The Bertz CT molecular complexity index is 552. The third-order valence-electron chi connectivity index (χ3n) is 2.39. The fourth-order valence-electron chi connectivity index (χ4n) is 1.60. The zero-order valence-corrected chi connectivity index (χ0v) is 9.64. The quantitative estimate of drug-likeness (QED) is 0.874. The molecule has 2 rings (SSSR count).